The van der Waals surface area contributed by atoms with Gasteiger partial charge in [-0.2, -0.15) is 0 Å². The number of methoxy groups -OCH3 is 1. The van der Waals surface area contributed by atoms with Gasteiger partial charge in [-0.3, -0.25) is 4.98 Å². The molecular weight excluding hydrogens is 334 g/mol. The summed E-state index contributed by atoms with van der Waals surface area (Å²) in [5.41, 5.74) is 1.96. The van der Waals surface area contributed by atoms with Crippen LogP contribution in [0.15, 0.2) is 45.5 Å². The normalized spacial score (nSPS) is 10.2. The first kappa shape index (κ1) is 11.6. The Bertz CT molecular complexity index is 497. The lowest BCUT2D eigenvalue weighted by Gasteiger charge is -2.06. The van der Waals surface area contributed by atoms with Crippen LogP contribution in [0.3, 0.4) is 0 Å². The highest BCUT2D eigenvalue weighted by Gasteiger charge is 2.07. The van der Waals surface area contributed by atoms with Gasteiger partial charge in [0.2, 0.25) is 0 Å². The molecule has 0 saturated carbocycles. The van der Waals surface area contributed by atoms with Crippen LogP contribution < -0.4 is 4.74 Å². The Hall–Kier alpha value is -0.870. The molecule has 0 aliphatic rings. The van der Waals surface area contributed by atoms with E-state index in [1.54, 1.807) is 13.3 Å². The topological polar surface area (TPSA) is 22.1 Å². The van der Waals surface area contributed by atoms with Crippen LogP contribution in [0.4, 0.5) is 0 Å². The molecule has 0 aliphatic heterocycles. The van der Waals surface area contributed by atoms with Gasteiger partial charge in [0.15, 0.2) is 0 Å². The number of hydrogen-bond donors (Lipinski definition) is 0. The molecule has 2 nitrogen and oxygen atoms in total. The Morgan fingerprint density at radius 2 is 1.75 bits per heavy atom. The number of aromatic nitrogens is 1. The zero-order valence-corrected chi connectivity index (χ0v) is 11.7. The van der Waals surface area contributed by atoms with E-state index in [4.69, 9.17) is 4.74 Å². The van der Waals surface area contributed by atoms with Crippen molar-refractivity contribution in [2.45, 2.75) is 0 Å². The Morgan fingerprint density at radius 1 is 1.06 bits per heavy atom. The highest BCUT2D eigenvalue weighted by molar-refractivity contribution is 9.13. The quantitative estimate of drug-likeness (QED) is 0.812. The molecule has 0 N–H and O–H groups in total. The average molecular weight is 343 g/mol. The predicted octanol–water partition coefficient (Wildman–Crippen LogP) is 4.28. The van der Waals surface area contributed by atoms with Crippen molar-refractivity contribution in [3.8, 4) is 17.0 Å². The van der Waals surface area contributed by atoms with Crippen LogP contribution in [0.25, 0.3) is 11.3 Å². The van der Waals surface area contributed by atoms with Crippen LogP contribution in [-0.2, 0) is 0 Å². The van der Waals surface area contributed by atoms with E-state index in [1.165, 1.54) is 0 Å². The SMILES string of the molecule is COc1ccc(-c2nccc(Br)c2Br)cc1. The van der Waals surface area contributed by atoms with Gasteiger partial charge >= 0.3 is 0 Å². The standard InChI is InChI=1S/C12H9Br2NO/c1-16-9-4-2-8(3-5-9)12-11(14)10(13)6-7-15-12/h2-7H,1H3. The smallest absolute Gasteiger partial charge is 0.118 e. The molecule has 1 heterocycles. The first-order valence-corrected chi connectivity index (χ1v) is 6.25. The third-order valence-electron chi connectivity index (χ3n) is 2.21. The number of halogens is 2. The lowest BCUT2D eigenvalue weighted by Crippen LogP contribution is -1.87. The number of hydrogen-bond acceptors (Lipinski definition) is 2. The fraction of sp³-hybridized carbons (Fsp3) is 0.0833. The van der Waals surface area contributed by atoms with E-state index in [1.807, 2.05) is 30.3 Å². The van der Waals surface area contributed by atoms with Gasteiger partial charge in [-0.05, 0) is 62.2 Å². The van der Waals surface area contributed by atoms with Crippen LogP contribution in [0.5, 0.6) is 5.75 Å². The maximum absolute atomic E-state index is 5.12. The predicted molar refractivity (Wildman–Crippen MR) is 71.6 cm³/mol. The molecule has 2 rings (SSSR count). The molecule has 0 spiro atoms. The van der Waals surface area contributed by atoms with Gasteiger partial charge in [-0.15, -0.1) is 0 Å². The average Bonchev–Trinajstić information content (AvgIpc) is 2.33. The van der Waals surface area contributed by atoms with E-state index in [-0.39, 0.29) is 0 Å². The van der Waals surface area contributed by atoms with Gasteiger partial charge in [0.25, 0.3) is 0 Å². The highest BCUT2D eigenvalue weighted by Crippen LogP contribution is 2.32. The minimum atomic E-state index is 0.842. The number of ether oxygens (including phenoxy) is 1. The van der Waals surface area contributed by atoms with Gasteiger partial charge < -0.3 is 4.74 Å². The molecule has 0 radical (unpaired) electrons. The molecule has 0 saturated heterocycles. The fourth-order valence-corrected chi connectivity index (χ4v) is 2.14. The third kappa shape index (κ3) is 2.28. The third-order valence-corrected chi connectivity index (χ3v) is 4.20. The molecule has 4 heteroatoms. The van der Waals surface area contributed by atoms with Crippen molar-refractivity contribution in [2.24, 2.45) is 0 Å². The molecular formula is C12H9Br2NO. The summed E-state index contributed by atoms with van der Waals surface area (Å²) in [6, 6.07) is 9.71. The van der Waals surface area contributed by atoms with Crippen LogP contribution in [0, 0.1) is 0 Å². The summed E-state index contributed by atoms with van der Waals surface area (Å²) in [5.74, 6) is 0.842. The highest BCUT2D eigenvalue weighted by atomic mass is 79.9. The van der Waals surface area contributed by atoms with Crippen molar-refractivity contribution in [3.63, 3.8) is 0 Å². The second-order valence-corrected chi connectivity index (χ2v) is 4.83. The molecule has 0 atom stereocenters. The van der Waals surface area contributed by atoms with Gasteiger partial charge in [-0.25, -0.2) is 0 Å². The molecule has 0 aliphatic carbocycles. The van der Waals surface area contributed by atoms with E-state index in [9.17, 15) is 0 Å². The van der Waals surface area contributed by atoms with Gasteiger partial charge in [-0.1, -0.05) is 0 Å². The van der Waals surface area contributed by atoms with Crippen molar-refractivity contribution in [1.29, 1.82) is 0 Å². The van der Waals surface area contributed by atoms with E-state index in [0.29, 0.717) is 0 Å². The van der Waals surface area contributed by atoms with Gasteiger partial charge in [0.1, 0.15) is 5.75 Å². The molecule has 0 fully saturated rings. The first-order chi connectivity index (χ1) is 7.72. The second kappa shape index (κ2) is 4.97. The van der Waals surface area contributed by atoms with E-state index < -0.39 is 0 Å². The van der Waals surface area contributed by atoms with Crippen LogP contribution in [0.1, 0.15) is 0 Å². The van der Waals surface area contributed by atoms with Crippen molar-refractivity contribution in [2.75, 3.05) is 7.11 Å². The van der Waals surface area contributed by atoms with Gasteiger partial charge in [0.05, 0.1) is 17.3 Å². The lowest BCUT2D eigenvalue weighted by molar-refractivity contribution is 0.415. The number of benzene rings is 1. The lowest BCUT2D eigenvalue weighted by atomic mass is 10.1. The number of nitrogens with zero attached hydrogens (tertiary/aromatic N) is 1. The largest absolute Gasteiger partial charge is 0.497 e. The van der Waals surface area contributed by atoms with E-state index >= 15 is 0 Å². The molecule has 16 heavy (non-hydrogen) atoms. The van der Waals surface area contributed by atoms with Crippen molar-refractivity contribution < 1.29 is 4.74 Å². The van der Waals surface area contributed by atoms with Crippen LogP contribution in [-0.4, -0.2) is 12.1 Å². The second-order valence-electron chi connectivity index (χ2n) is 3.18. The van der Waals surface area contributed by atoms with E-state index in [2.05, 4.69) is 36.8 Å². The Kier molecular flexibility index (Phi) is 3.61. The molecule has 1 aromatic carbocycles. The van der Waals surface area contributed by atoms with Crippen molar-refractivity contribution in [1.82, 2.24) is 4.98 Å². The van der Waals surface area contributed by atoms with Crippen LogP contribution in [0.2, 0.25) is 0 Å². The summed E-state index contributed by atoms with van der Waals surface area (Å²) in [6.45, 7) is 0. The van der Waals surface area contributed by atoms with Gasteiger partial charge in [0, 0.05) is 16.2 Å². The van der Waals surface area contributed by atoms with E-state index in [0.717, 1.165) is 26.0 Å². The summed E-state index contributed by atoms with van der Waals surface area (Å²) in [5, 5.41) is 0. The monoisotopic (exact) mass is 341 g/mol. The van der Waals surface area contributed by atoms with Crippen LogP contribution >= 0.6 is 31.9 Å². The number of rotatable bonds is 2. The van der Waals surface area contributed by atoms with Crippen molar-refractivity contribution in [3.05, 3.63) is 45.5 Å². The molecule has 0 bridgehead atoms. The molecule has 0 unspecified atom stereocenters. The summed E-state index contributed by atoms with van der Waals surface area (Å²) in [7, 11) is 1.66. The maximum Gasteiger partial charge on any atom is 0.118 e. The Labute approximate surface area is 111 Å². The molecule has 82 valence electrons. The Balaban J connectivity index is 2.46. The Morgan fingerprint density at radius 3 is 2.38 bits per heavy atom. The first-order valence-electron chi connectivity index (χ1n) is 4.67. The zero-order valence-electron chi connectivity index (χ0n) is 8.58. The minimum absolute atomic E-state index is 0.842. The summed E-state index contributed by atoms with van der Waals surface area (Å²) in [4.78, 5) is 4.35. The number of pyridine rings is 1. The summed E-state index contributed by atoms with van der Waals surface area (Å²) in [6.07, 6.45) is 1.77. The fourth-order valence-electron chi connectivity index (χ4n) is 1.37. The zero-order chi connectivity index (χ0) is 11.5. The summed E-state index contributed by atoms with van der Waals surface area (Å²) < 4.78 is 7.07. The molecule has 2 aromatic rings. The molecule has 1 aromatic heterocycles. The van der Waals surface area contributed by atoms with Crippen molar-refractivity contribution >= 4 is 31.9 Å². The minimum Gasteiger partial charge on any atom is -0.497 e. The summed E-state index contributed by atoms with van der Waals surface area (Å²) >= 11 is 6.97. The molecule has 0 amide bonds. The maximum atomic E-state index is 5.12.